The lowest BCUT2D eigenvalue weighted by Crippen LogP contribution is -2.05. The summed E-state index contributed by atoms with van der Waals surface area (Å²) in [7, 11) is 0. The van der Waals surface area contributed by atoms with Crippen LogP contribution in [0.25, 0.3) is 0 Å². The zero-order valence-electron chi connectivity index (χ0n) is 10.2. The molecule has 0 aliphatic heterocycles. The summed E-state index contributed by atoms with van der Waals surface area (Å²) in [5.74, 6) is 1.58. The van der Waals surface area contributed by atoms with Crippen molar-refractivity contribution in [3.63, 3.8) is 0 Å². The second-order valence-corrected chi connectivity index (χ2v) is 3.95. The number of benzene rings is 1. The Morgan fingerprint density at radius 2 is 2.00 bits per heavy atom. The molecular formula is C13H17N3O. The third-order valence-corrected chi connectivity index (χ3v) is 2.50. The Labute approximate surface area is 101 Å². The minimum atomic E-state index is 0.685. The van der Waals surface area contributed by atoms with Gasteiger partial charge in [-0.25, -0.2) is 4.68 Å². The summed E-state index contributed by atoms with van der Waals surface area (Å²) in [4.78, 5) is 0. The van der Waals surface area contributed by atoms with E-state index >= 15 is 0 Å². The van der Waals surface area contributed by atoms with Gasteiger partial charge in [0.05, 0.1) is 18.8 Å². The second kappa shape index (κ2) is 4.91. The lowest BCUT2D eigenvalue weighted by atomic mass is 10.2. The number of hydrogen-bond donors (Lipinski definition) is 1. The van der Waals surface area contributed by atoms with Crippen LogP contribution in [0.4, 0.5) is 5.82 Å². The van der Waals surface area contributed by atoms with Crippen molar-refractivity contribution < 1.29 is 4.74 Å². The van der Waals surface area contributed by atoms with Gasteiger partial charge in [0.2, 0.25) is 0 Å². The van der Waals surface area contributed by atoms with E-state index in [1.165, 1.54) is 0 Å². The predicted molar refractivity (Wildman–Crippen MR) is 68.1 cm³/mol. The highest BCUT2D eigenvalue weighted by Crippen LogP contribution is 2.14. The number of aromatic nitrogens is 2. The molecule has 4 heteroatoms. The second-order valence-electron chi connectivity index (χ2n) is 3.95. The molecule has 1 heterocycles. The molecule has 2 aromatic rings. The highest BCUT2D eigenvalue weighted by Gasteiger charge is 2.02. The van der Waals surface area contributed by atoms with Crippen molar-refractivity contribution in [1.82, 2.24) is 9.78 Å². The topological polar surface area (TPSA) is 53.1 Å². The number of anilines is 1. The van der Waals surface area contributed by atoms with Gasteiger partial charge < -0.3 is 10.5 Å². The molecule has 0 saturated heterocycles. The van der Waals surface area contributed by atoms with E-state index in [2.05, 4.69) is 5.10 Å². The average Bonchev–Trinajstić information content (AvgIpc) is 2.61. The minimum Gasteiger partial charge on any atom is -0.494 e. The molecule has 0 amide bonds. The molecule has 0 aliphatic carbocycles. The van der Waals surface area contributed by atoms with Crippen LogP contribution >= 0.6 is 0 Å². The number of nitrogen functional groups attached to an aromatic ring is 1. The van der Waals surface area contributed by atoms with Crippen LogP contribution in [-0.2, 0) is 6.54 Å². The summed E-state index contributed by atoms with van der Waals surface area (Å²) in [6.45, 7) is 5.28. The number of nitrogens with two attached hydrogens (primary N) is 1. The van der Waals surface area contributed by atoms with E-state index in [1.807, 2.05) is 44.2 Å². The minimum absolute atomic E-state index is 0.685. The molecule has 4 nitrogen and oxygen atoms in total. The maximum absolute atomic E-state index is 5.84. The molecule has 0 aliphatic rings. The fraction of sp³-hybridized carbons (Fsp3) is 0.308. The normalized spacial score (nSPS) is 10.5. The molecule has 90 valence electrons. The van der Waals surface area contributed by atoms with Crippen molar-refractivity contribution in [2.24, 2.45) is 0 Å². The molecule has 17 heavy (non-hydrogen) atoms. The summed E-state index contributed by atoms with van der Waals surface area (Å²) in [5, 5.41) is 4.32. The molecule has 1 aromatic heterocycles. The number of aryl methyl sites for hydroxylation is 1. The van der Waals surface area contributed by atoms with Gasteiger partial charge in [-0.2, -0.15) is 5.10 Å². The first-order valence-electron chi connectivity index (χ1n) is 5.70. The monoisotopic (exact) mass is 231 g/mol. The van der Waals surface area contributed by atoms with E-state index in [1.54, 1.807) is 4.68 Å². The molecule has 1 aromatic carbocycles. The quantitative estimate of drug-likeness (QED) is 0.877. The van der Waals surface area contributed by atoms with Crippen molar-refractivity contribution in [3.05, 3.63) is 41.6 Å². The molecule has 0 fully saturated rings. The molecule has 0 spiro atoms. The Balaban J connectivity index is 2.11. The Kier molecular flexibility index (Phi) is 3.32. The van der Waals surface area contributed by atoms with E-state index in [-0.39, 0.29) is 0 Å². The molecule has 0 saturated carbocycles. The SMILES string of the molecule is CCOc1ccc(Cn2nc(C)cc2N)cc1. The van der Waals surface area contributed by atoms with E-state index in [0.29, 0.717) is 19.0 Å². The van der Waals surface area contributed by atoms with Crippen LogP contribution in [0.1, 0.15) is 18.2 Å². The van der Waals surface area contributed by atoms with Crippen LogP contribution in [0, 0.1) is 6.92 Å². The smallest absolute Gasteiger partial charge is 0.122 e. The highest BCUT2D eigenvalue weighted by atomic mass is 16.5. The van der Waals surface area contributed by atoms with Gasteiger partial charge in [-0.15, -0.1) is 0 Å². The van der Waals surface area contributed by atoms with Crippen LogP contribution in [-0.4, -0.2) is 16.4 Å². The van der Waals surface area contributed by atoms with Crippen molar-refractivity contribution in [1.29, 1.82) is 0 Å². The van der Waals surface area contributed by atoms with Gasteiger partial charge in [0.15, 0.2) is 0 Å². The van der Waals surface area contributed by atoms with Gasteiger partial charge in [-0.3, -0.25) is 0 Å². The van der Waals surface area contributed by atoms with Crippen LogP contribution < -0.4 is 10.5 Å². The average molecular weight is 231 g/mol. The van der Waals surface area contributed by atoms with Crippen LogP contribution in [0.15, 0.2) is 30.3 Å². The molecule has 0 atom stereocenters. The summed E-state index contributed by atoms with van der Waals surface area (Å²) >= 11 is 0. The summed E-state index contributed by atoms with van der Waals surface area (Å²) in [5.41, 5.74) is 7.94. The number of hydrogen-bond acceptors (Lipinski definition) is 3. The van der Waals surface area contributed by atoms with Crippen molar-refractivity contribution in [2.45, 2.75) is 20.4 Å². The van der Waals surface area contributed by atoms with Gasteiger partial charge in [0.25, 0.3) is 0 Å². The molecular weight excluding hydrogens is 214 g/mol. The van der Waals surface area contributed by atoms with Gasteiger partial charge in [-0.1, -0.05) is 12.1 Å². The molecule has 0 bridgehead atoms. The van der Waals surface area contributed by atoms with Crippen molar-refractivity contribution in [3.8, 4) is 5.75 Å². The zero-order valence-corrected chi connectivity index (χ0v) is 10.2. The lowest BCUT2D eigenvalue weighted by molar-refractivity contribution is 0.340. The Morgan fingerprint density at radius 1 is 1.29 bits per heavy atom. The van der Waals surface area contributed by atoms with Gasteiger partial charge in [0.1, 0.15) is 11.6 Å². The number of rotatable bonds is 4. The first-order chi connectivity index (χ1) is 8.19. The lowest BCUT2D eigenvalue weighted by Gasteiger charge is -2.06. The standard InChI is InChI=1S/C13H17N3O/c1-3-17-12-6-4-11(5-7-12)9-16-13(14)8-10(2)15-16/h4-8H,3,9,14H2,1-2H3. The first kappa shape index (κ1) is 11.5. The fourth-order valence-corrected chi connectivity index (χ4v) is 1.72. The van der Waals surface area contributed by atoms with Gasteiger partial charge >= 0.3 is 0 Å². The third kappa shape index (κ3) is 2.78. The maximum atomic E-state index is 5.84. The largest absolute Gasteiger partial charge is 0.494 e. The molecule has 2 N–H and O–H groups in total. The molecule has 2 rings (SSSR count). The van der Waals surface area contributed by atoms with Crippen molar-refractivity contribution in [2.75, 3.05) is 12.3 Å². The van der Waals surface area contributed by atoms with Crippen LogP contribution in [0.3, 0.4) is 0 Å². The van der Waals surface area contributed by atoms with E-state index in [0.717, 1.165) is 17.0 Å². The third-order valence-electron chi connectivity index (χ3n) is 2.50. The summed E-state index contributed by atoms with van der Waals surface area (Å²) in [6, 6.07) is 9.86. The Hall–Kier alpha value is -1.97. The zero-order chi connectivity index (χ0) is 12.3. The summed E-state index contributed by atoms with van der Waals surface area (Å²) < 4.78 is 7.19. The van der Waals surface area contributed by atoms with Crippen LogP contribution in [0.2, 0.25) is 0 Å². The number of nitrogens with zero attached hydrogens (tertiary/aromatic N) is 2. The highest BCUT2D eigenvalue weighted by molar-refractivity contribution is 5.33. The van der Waals surface area contributed by atoms with Crippen LogP contribution in [0.5, 0.6) is 5.75 Å². The van der Waals surface area contributed by atoms with Crippen molar-refractivity contribution >= 4 is 5.82 Å². The van der Waals surface area contributed by atoms with E-state index in [9.17, 15) is 0 Å². The maximum Gasteiger partial charge on any atom is 0.122 e. The van der Waals surface area contributed by atoms with Gasteiger partial charge in [-0.05, 0) is 31.5 Å². The fourth-order valence-electron chi connectivity index (χ4n) is 1.72. The predicted octanol–water partition coefficient (Wildman–Crippen LogP) is 2.22. The molecule has 0 radical (unpaired) electrons. The molecule has 0 unspecified atom stereocenters. The van der Waals surface area contributed by atoms with E-state index < -0.39 is 0 Å². The Morgan fingerprint density at radius 3 is 2.53 bits per heavy atom. The van der Waals surface area contributed by atoms with Gasteiger partial charge in [0, 0.05) is 6.07 Å². The number of ether oxygens (including phenoxy) is 1. The summed E-state index contributed by atoms with van der Waals surface area (Å²) in [6.07, 6.45) is 0. The van der Waals surface area contributed by atoms with E-state index in [4.69, 9.17) is 10.5 Å². The first-order valence-corrected chi connectivity index (χ1v) is 5.70. The Bertz CT molecular complexity index is 488.